The van der Waals surface area contributed by atoms with Gasteiger partial charge < -0.3 is 15.5 Å². The number of hydrogen-bond acceptors (Lipinski definition) is 4. The highest BCUT2D eigenvalue weighted by atomic mass is 16.3. The van der Waals surface area contributed by atoms with Crippen LogP contribution in [-0.2, 0) is 4.79 Å². The lowest BCUT2D eigenvalue weighted by Crippen LogP contribution is -2.44. The van der Waals surface area contributed by atoms with Crippen LogP contribution in [0.15, 0.2) is 0 Å². The van der Waals surface area contributed by atoms with E-state index in [1.54, 1.807) is 11.8 Å². The van der Waals surface area contributed by atoms with Gasteiger partial charge in [-0.1, -0.05) is 5.92 Å². The standard InChI is InChI=1S/C10H16N2O3/c1-3-4-11-10(15)7(2)12-5-8(13)9(14)6-12/h1,7-9,13-14H,4-6H2,2H3,(H,11,15)/t7?,8-,9+. The number of carbonyl (C=O) groups is 1. The Labute approximate surface area is 89.1 Å². The Hall–Kier alpha value is -1.09. The number of aliphatic hydroxyl groups excluding tert-OH is 2. The molecule has 0 aromatic carbocycles. The molecule has 3 N–H and O–H groups in total. The molecule has 1 unspecified atom stereocenters. The van der Waals surface area contributed by atoms with E-state index < -0.39 is 12.2 Å². The molecule has 0 saturated carbocycles. The van der Waals surface area contributed by atoms with Crippen molar-refractivity contribution in [2.45, 2.75) is 25.2 Å². The summed E-state index contributed by atoms with van der Waals surface area (Å²) < 4.78 is 0. The molecule has 1 heterocycles. The van der Waals surface area contributed by atoms with Crippen LogP contribution in [0.5, 0.6) is 0 Å². The average Bonchev–Trinajstić information content (AvgIpc) is 2.54. The molecule has 0 spiro atoms. The number of nitrogens with one attached hydrogen (secondary N) is 1. The van der Waals surface area contributed by atoms with Gasteiger partial charge in [-0.2, -0.15) is 0 Å². The monoisotopic (exact) mass is 212 g/mol. The Balaban J connectivity index is 2.44. The van der Waals surface area contributed by atoms with E-state index in [4.69, 9.17) is 6.42 Å². The Bertz CT molecular complexity index is 264. The van der Waals surface area contributed by atoms with E-state index in [1.807, 2.05) is 0 Å². The SMILES string of the molecule is C#CCNC(=O)C(C)N1C[C@@H](O)[C@@H](O)C1. The predicted octanol–water partition coefficient (Wildman–Crippen LogP) is -1.84. The van der Waals surface area contributed by atoms with Gasteiger partial charge in [-0.3, -0.25) is 9.69 Å². The molecule has 84 valence electrons. The quantitative estimate of drug-likeness (QED) is 0.481. The van der Waals surface area contributed by atoms with Crippen molar-refractivity contribution < 1.29 is 15.0 Å². The highest BCUT2D eigenvalue weighted by Gasteiger charge is 2.34. The summed E-state index contributed by atoms with van der Waals surface area (Å²) in [6.07, 6.45) is 3.48. The number of amides is 1. The molecule has 0 aromatic rings. The van der Waals surface area contributed by atoms with Crippen LogP contribution < -0.4 is 5.32 Å². The minimum atomic E-state index is -0.770. The molecular weight excluding hydrogens is 196 g/mol. The number of carbonyl (C=O) groups excluding carboxylic acids is 1. The molecule has 0 bridgehead atoms. The van der Waals surface area contributed by atoms with E-state index in [9.17, 15) is 15.0 Å². The average molecular weight is 212 g/mol. The van der Waals surface area contributed by atoms with Crippen molar-refractivity contribution in [3.8, 4) is 12.3 Å². The number of β-amino-alcohol motifs (C(OH)–C–C–N with tert-alkyl or cyclic N) is 2. The Morgan fingerprint density at radius 2 is 2.13 bits per heavy atom. The van der Waals surface area contributed by atoms with Crippen molar-refractivity contribution in [3.05, 3.63) is 0 Å². The highest BCUT2D eigenvalue weighted by molar-refractivity contribution is 5.81. The van der Waals surface area contributed by atoms with E-state index in [0.717, 1.165) is 0 Å². The molecule has 1 saturated heterocycles. The summed E-state index contributed by atoms with van der Waals surface area (Å²) in [4.78, 5) is 13.2. The van der Waals surface area contributed by atoms with E-state index in [0.29, 0.717) is 13.1 Å². The fraction of sp³-hybridized carbons (Fsp3) is 0.700. The Kier molecular flexibility index (Phi) is 4.09. The first-order chi connectivity index (χ1) is 7.06. The van der Waals surface area contributed by atoms with Crippen LogP contribution in [0.25, 0.3) is 0 Å². The van der Waals surface area contributed by atoms with Crippen molar-refractivity contribution in [2.75, 3.05) is 19.6 Å². The van der Waals surface area contributed by atoms with Gasteiger partial charge in [0, 0.05) is 13.1 Å². The summed E-state index contributed by atoms with van der Waals surface area (Å²) >= 11 is 0. The molecule has 0 aliphatic carbocycles. The summed E-state index contributed by atoms with van der Waals surface area (Å²) in [5, 5.41) is 21.2. The summed E-state index contributed by atoms with van der Waals surface area (Å²) in [6, 6.07) is -0.384. The van der Waals surface area contributed by atoms with Crippen LogP contribution in [0.3, 0.4) is 0 Å². The molecule has 0 aromatic heterocycles. The normalized spacial score (nSPS) is 28.4. The lowest BCUT2D eigenvalue weighted by molar-refractivity contribution is -0.125. The van der Waals surface area contributed by atoms with Crippen molar-refractivity contribution in [1.29, 1.82) is 0 Å². The van der Waals surface area contributed by atoms with Gasteiger partial charge in [0.1, 0.15) is 0 Å². The molecule has 0 radical (unpaired) electrons. The summed E-state index contributed by atoms with van der Waals surface area (Å²) in [7, 11) is 0. The van der Waals surface area contributed by atoms with Gasteiger partial charge >= 0.3 is 0 Å². The van der Waals surface area contributed by atoms with Gasteiger partial charge in [0.05, 0.1) is 24.8 Å². The van der Waals surface area contributed by atoms with Crippen molar-refractivity contribution in [2.24, 2.45) is 0 Å². The molecule has 1 amide bonds. The van der Waals surface area contributed by atoms with E-state index >= 15 is 0 Å². The first kappa shape index (κ1) is 12.0. The van der Waals surface area contributed by atoms with Crippen molar-refractivity contribution >= 4 is 5.91 Å². The van der Waals surface area contributed by atoms with E-state index in [-0.39, 0.29) is 18.5 Å². The minimum Gasteiger partial charge on any atom is -0.389 e. The van der Waals surface area contributed by atoms with Gasteiger partial charge in [0.25, 0.3) is 0 Å². The summed E-state index contributed by atoms with van der Waals surface area (Å²) in [6.45, 7) is 2.54. The maximum atomic E-state index is 11.5. The third kappa shape index (κ3) is 2.93. The van der Waals surface area contributed by atoms with Crippen LogP contribution in [0, 0.1) is 12.3 Å². The second-order valence-corrected chi connectivity index (χ2v) is 3.69. The Morgan fingerprint density at radius 3 is 2.60 bits per heavy atom. The van der Waals surface area contributed by atoms with Gasteiger partial charge in [-0.05, 0) is 6.92 Å². The molecule has 1 aliphatic heterocycles. The molecular formula is C10H16N2O3. The van der Waals surface area contributed by atoms with Crippen molar-refractivity contribution in [1.82, 2.24) is 10.2 Å². The lowest BCUT2D eigenvalue weighted by Gasteiger charge is -2.22. The predicted molar refractivity (Wildman–Crippen MR) is 54.9 cm³/mol. The maximum absolute atomic E-state index is 11.5. The maximum Gasteiger partial charge on any atom is 0.237 e. The zero-order valence-electron chi connectivity index (χ0n) is 8.68. The topological polar surface area (TPSA) is 72.8 Å². The zero-order chi connectivity index (χ0) is 11.4. The molecule has 1 aliphatic rings. The number of terminal acetylenes is 1. The summed E-state index contributed by atoms with van der Waals surface area (Å²) in [5.74, 6) is 2.13. The molecule has 5 heteroatoms. The smallest absolute Gasteiger partial charge is 0.237 e. The number of rotatable bonds is 3. The van der Waals surface area contributed by atoms with E-state index in [2.05, 4.69) is 11.2 Å². The third-order valence-corrected chi connectivity index (χ3v) is 2.58. The number of hydrogen-bond donors (Lipinski definition) is 3. The highest BCUT2D eigenvalue weighted by Crippen LogP contribution is 2.13. The van der Waals surface area contributed by atoms with Crippen LogP contribution in [0.4, 0.5) is 0 Å². The minimum absolute atomic E-state index is 0.186. The number of nitrogens with zero attached hydrogens (tertiary/aromatic N) is 1. The van der Waals surface area contributed by atoms with Crippen LogP contribution in [-0.4, -0.2) is 58.9 Å². The molecule has 1 fully saturated rings. The number of aliphatic hydroxyl groups is 2. The second-order valence-electron chi connectivity index (χ2n) is 3.69. The first-order valence-corrected chi connectivity index (χ1v) is 4.87. The number of likely N-dealkylation sites (tertiary alicyclic amines) is 1. The van der Waals surface area contributed by atoms with Crippen LogP contribution in [0.2, 0.25) is 0 Å². The zero-order valence-corrected chi connectivity index (χ0v) is 8.68. The fourth-order valence-electron chi connectivity index (χ4n) is 1.57. The molecule has 5 nitrogen and oxygen atoms in total. The molecule has 15 heavy (non-hydrogen) atoms. The molecule has 1 rings (SSSR count). The fourth-order valence-corrected chi connectivity index (χ4v) is 1.57. The van der Waals surface area contributed by atoms with Crippen LogP contribution in [0.1, 0.15) is 6.92 Å². The largest absolute Gasteiger partial charge is 0.389 e. The van der Waals surface area contributed by atoms with Gasteiger partial charge in [-0.15, -0.1) is 6.42 Å². The van der Waals surface area contributed by atoms with Gasteiger partial charge in [0.2, 0.25) is 5.91 Å². The second kappa shape index (κ2) is 5.12. The Morgan fingerprint density at radius 1 is 1.60 bits per heavy atom. The van der Waals surface area contributed by atoms with Gasteiger partial charge in [0.15, 0.2) is 0 Å². The lowest BCUT2D eigenvalue weighted by atomic mass is 10.3. The molecule has 3 atom stereocenters. The van der Waals surface area contributed by atoms with E-state index in [1.165, 1.54) is 0 Å². The third-order valence-electron chi connectivity index (χ3n) is 2.58. The van der Waals surface area contributed by atoms with Crippen LogP contribution >= 0.6 is 0 Å². The first-order valence-electron chi connectivity index (χ1n) is 4.87. The van der Waals surface area contributed by atoms with Gasteiger partial charge in [-0.25, -0.2) is 0 Å². The summed E-state index contributed by atoms with van der Waals surface area (Å²) in [5.41, 5.74) is 0. The van der Waals surface area contributed by atoms with Crippen molar-refractivity contribution in [3.63, 3.8) is 0 Å².